The highest BCUT2D eigenvalue weighted by Gasteiger charge is 2.24. The predicted molar refractivity (Wildman–Crippen MR) is 110 cm³/mol. The third kappa shape index (κ3) is 4.96. The van der Waals surface area contributed by atoms with Crippen molar-refractivity contribution in [3.8, 4) is 11.5 Å². The van der Waals surface area contributed by atoms with E-state index in [-0.39, 0.29) is 11.6 Å². The molecular formula is C21H25N3O5. The Morgan fingerprint density at radius 1 is 1.14 bits per heavy atom. The highest BCUT2D eigenvalue weighted by molar-refractivity contribution is 6.00. The molecule has 8 heteroatoms. The van der Waals surface area contributed by atoms with Gasteiger partial charge >= 0.3 is 0 Å². The van der Waals surface area contributed by atoms with Crippen LogP contribution in [-0.2, 0) is 0 Å². The summed E-state index contributed by atoms with van der Waals surface area (Å²) in [6, 6.07) is 11.7. The summed E-state index contributed by atoms with van der Waals surface area (Å²) in [6.07, 6.45) is 2.10. The first-order valence-electron chi connectivity index (χ1n) is 9.55. The van der Waals surface area contributed by atoms with E-state index in [0.29, 0.717) is 24.5 Å². The molecule has 1 saturated heterocycles. The van der Waals surface area contributed by atoms with Crippen molar-refractivity contribution in [2.24, 2.45) is 0 Å². The standard InChI is InChI=1S/C21H25N3O5/c1-22(13-14-29-18-8-6-17(28-2)7-9-18)21(25)19-15-16(24(26)27)5-10-20(19)23-11-3-4-12-23/h5-10,15H,3-4,11-14H2,1-2H3. The number of likely N-dealkylation sites (N-methyl/N-ethyl adjacent to an activating group) is 1. The zero-order valence-corrected chi connectivity index (χ0v) is 16.7. The van der Waals surface area contributed by atoms with Crippen LogP contribution >= 0.6 is 0 Å². The van der Waals surface area contributed by atoms with E-state index in [4.69, 9.17) is 9.47 Å². The summed E-state index contributed by atoms with van der Waals surface area (Å²) in [5.74, 6) is 1.17. The van der Waals surface area contributed by atoms with Gasteiger partial charge in [0.15, 0.2) is 0 Å². The lowest BCUT2D eigenvalue weighted by Gasteiger charge is -2.24. The average molecular weight is 399 g/mol. The third-order valence-corrected chi connectivity index (χ3v) is 4.97. The number of hydrogen-bond acceptors (Lipinski definition) is 6. The molecule has 3 rings (SSSR count). The zero-order chi connectivity index (χ0) is 20.8. The van der Waals surface area contributed by atoms with E-state index < -0.39 is 4.92 Å². The predicted octanol–water partition coefficient (Wildman–Crippen LogP) is 3.35. The van der Waals surface area contributed by atoms with Crippen molar-refractivity contribution in [2.45, 2.75) is 12.8 Å². The van der Waals surface area contributed by atoms with Gasteiger partial charge in [-0.15, -0.1) is 0 Å². The number of anilines is 1. The van der Waals surface area contributed by atoms with Crippen LogP contribution in [0.1, 0.15) is 23.2 Å². The van der Waals surface area contributed by atoms with Gasteiger partial charge in [-0.2, -0.15) is 0 Å². The molecule has 8 nitrogen and oxygen atoms in total. The number of non-ortho nitro benzene ring substituents is 1. The Morgan fingerprint density at radius 3 is 2.41 bits per heavy atom. The fourth-order valence-corrected chi connectivity index (χ4v) is 3.32. The van der Waals surface area contributed by atoms with Gasteiger partial charge in [0.05, 0.1) is 29.8 Å². The molecule has 154 valence electrons. The molecule has 2 aromatic carbocycles. The fourth-order valence-electron chi connectivity index (χ4n) is 3.32. The van der Waals surface area contributed by atoms with Crippen LogP contribution in [-0.4, -0.2) is 56.1 Å². The number of rotatable bonds is 8. The summed E-state index contributed by atoms with van der Waals surface area (Å²) >= 11 is 0. The van der Waals surface area contributed by atoms with E-state index in [0.717, 1.165) is 37.4 Å². The minimum absolute atomic E-state index is 0.0841. The van der Waals surface area contributed by atoms with E-state index in [9.17, 15) is 14.9 Å². The Bertz CT molecular complexity index is 863. The second-order valence-electron chi connectivity index (χ2n) is 6.90. The number of nitro groups is 1. The van der Waals surface area contributed by atoms with Crippen molar-refractivity contribution in [1.29, 1.82) is 0 Å². The quantitative estimate of drug-likeness (QED) is 0.500. The highest BCUT2D eigenvalue weighted by Crippen LogP contribution is 2.29. The van der Waals surface area contributed by atoms with E-state index >= 15 is 0 Å². The molecule has 0 aromatic heterocycles. The van der Waals surface area contributed by atoms with Gasteiger partial charge in [-0.05, 0) is 43.2 Å². The second-order valence-corrected chi connectivity index (χ2v) is 6.90. The first-order chi connectivity index (χ1) is 14.0. The molecule has 2 aromatic rings. The third-order valence-electron chi connectivity index (χ3n) is 4.97. The lowest BCUT2D eigenvalue weighted by Crippen LogP contribution is -2.32. The van der Waals surface area contributed by atoms with Crippen molar-refractivity contribution < 1.29 is 19.2 Å². The van der Waals surface area contributed by atoms with Gasteiger partial charge in [-0.25, -0.2) is 0 Å². The van der Waals surface area contributed by atoms with E-state index in [1.807, 2.05) is 0 Å². The lowest BCUT2D eigenvalue weighted by atomic mass is 10.1. The first-order valence-corrected chi connectivity index (χ1v) is 9.55. The number of benzene rings is 2. The van der Waals surface area contributed by atoms with Crippen LogP contribution in [0, 0.1) is 10.1 Å². The topological polar surface area (TPSA) is 85.1 Å². The molecule has 1 aliphatic rings. The summed E-state index contributed by atoms with van der Waals surface area (Å²) in [4.78, 5) is 27.4. The molecule has 1 heterocycles. The Kier molecular flexibility index (Phi) is 6.54. The molecule has 0 N–H and O–H groups in total. The lowest BCUT2D eigenvalue weighted by molar-refractivity contribution is -0.384. The number of hydrogen-bond donors (Lipinski definition) is 0. The van der Waals surface area contributed by atoms with Crippen molar-refractivity contribution in [3.05, 3.63) is 58.1 Å². The number of carbonyl (C=O) groups is 1. The van der Waals surface area contributed by atoms with Gasteiger partial charge in [0.25, 0.3) is 11.6 Å². The van der Waals surface area contributed by atoms with Gasteiger partial charge in [0.1, 0.15) is 18.1 Å². The van der Waals surface area contributed by atoms with Gasteiger partial charge < -0.3 is 19.3 Å². The Labute approximate surface area is 169 Å². The van der Waals surface area contributed by atoms with Gasteiger partial charge in [0, 0.05) is 32.3 Å². The van der Waals surface area contributed by atoms with Crippen LogP contribution < -0.4 is 14.4 Å². The van der Waals surface area contributed by atoms with Crippen molar-refractivity contribution >= 4 is 17.3 Å². The van der Waals surface area contributed by atoms with Crippen LogP contribution in [0.25, 0.3) is 0 Å². The minimum Gasteiger partial charge on any atom is -0.497 e. The van der Waals surface area contributed by atoms with Gasteiger partial charge in [-0.1, -0.05) is 0 Å². The number of nitrogens with zero attached hydrogens (tertiary/aromatic N) is 3. The Balaban J connectivity index is 1.68. The Hall–Kier alpha value is -3.29. The number of ether oxygens (including phenoxy) is 2. The maximum atomic E-state index is 13.0. The molecule has 1 amide bonds. The van der Waals surface area contributed by atoms with Crippen LogP contribution in [0.5, 0.6) is 11.5 Å². The molecule has 0 atom stereocenters. The number of methoxy groups -OCH3 is 1. The second kappa shape index (κ2) is 9.27. The molecule has 0 saturated carbocycles. The number of carbonyl (C=O) groups excluding carboxylic acids is 1. The number of amides is 1. The molecule has 0 bridgehead atoms. The zero-order valence-electron chi connectivity index (χ0n) is 16.7. The van der Waals surface area contributed by atoms with Crippen LogP contribution in [0.15, 0.2) is 42.5 Å². The maximum Gasteiger partial charge on any atom is 0.270 e. The molecule has 0 spiro atoms. The summed E-state index contributed by atoms with van der Waals surface area (Å²) in [5.41, 5.74) is 1.02. The van der Waals surface area contributed by atoms with Gasteiger partial charge in [0.2, 0.25) is 0 Å². The molecule has 29 heavy (non-hydrogen) atoms. The minimum atomic E-state index is -0.475. The highest BCUT2D eigenvalue weighted by atomic mass is 16.6. The van der Waals surface area contributed by atoms with E-state index in [1.54, 1.807) is 44.5 Å². The molecule has 1 aliphatic heterocycles. The number of nitro benzene ring substituents is 1. The average Bonchev–Trinajstić information content (AvgIpc) is 3.27. The first kappa shape index (κ1) is 20.4. The van der Waals surface area contributed by atoms with Gasteiger partial charge in [-0.3, -0.25) is 14.9 Å². The SMILES string of the molecule is COc1ccc(OCCN(C)C(=O)c2cc([N+](=O)[O-])ccc2N2CCCC2)cc1. The van der Waals surface area contributed by atoms with Crippen molar-refractivity contribution in [3.63, 3.8) is 0 Å². The maximum absolute atomic E-state index is 13.0. The fraction of sp³-hybridized carbons (Fsp3) is 0.381. The monoisotopic (exact) mass is 399 g/mol. The summed E-state index contributed by atoms with van der Waals surface area (Å²) in [7, 11) is 3.27. The van der Waals surface area contributed by atoms with Crippen LogP contribution in [0.3, 0.4) is 0 Å². The molecular weight excluding hydrogens is 374 g/mol. The summed E-state index contributed by atoms with van der Waals surface area (Å²) < 4.78 is 10.8. The van der Waals surface area contributed by atoms with E-state index in [2.05, 4.69) is 4.90 Å². The molecule has 0 aliphatic carbocycles. The molecule has 1 fully saturated rings. The van der Waals surface area contributed by atoms with Crippen LogP contribution in [0.2, 0.25) is 0 Å². The largest absolute Gasteiger partial charge is 0.497 e. The normalized spacial score (nSPS) is 13.2. The van der Waals surface area contributed by atoms with Crippen molar-refractivity contribution in [1.82, 2.24) is 4.90 Å². The smallest absolute Gasteiger partial charge is 0.270 e. The van der Waals surface area contributed by atoms with E-state index in [1.165, 1.54) is 17.0 Å². The van der Waals surface area contributed by atoms with Crippen molar-refractivity contribution in [2.75, 3.05) is 45.3 Å². The Morgan fingerprint density at radius 2 is 1.79 bits per heavy atom. The summed E-state index contributed by atoms with van der Waals surface area (Å²) in [5, 5.41) is 11.2. The molecule has 0 unspecified atom stereocenters. The van der Waals surface area contributed by atoms with Crippen LogP contribution in [0.4, 0.5) is 11.4 Å². The summed E-state index contributed by atoms with van der Waals surface area (Å²) in [6.45, 7) is 2.36. The molecule has 0 radical (unpaired) electrons.